The minimum Gasteiger partial charge on any atom is -0.480 e. The first-order chi connectivity index (χ1) is 18.1. The summed E-state index contributed by atoms with van der Waals surface area (Å²) in [5.74, 6) is -0.443. The van der Waals surface area contributed by atoms with Gasteiger partial charge in [-0.3, -0.25) is 14.5 Å². The number of hydrogen-bond donors (Lipinski definition) is 2. The molecule has 1 amide bonds. The lowest BCUT2D eigenvalue weighted by atomic mass is 10.0. The largest absolute Gasteiger partial charge is 0.480 e. The van der Waals surface area contributed by atoms with Gasteiger partial charge in [0.05, 0.1) is 17.7 Å². The van der Waals surface area contributed by atoms with Crippen molar-refractivity contribution < 1.29 is 19.1 Å². The summed E-state index contributed by atoms with van der Waals surface area (Å²) in [6.45, 7) is 11.1. The number of rotatable bonds is 8. The van der Waals surface area contributed by atoms with Gasteiger partial charge in [-0.25, -0.2) is 4.39 Å². The van der Waals surface area contributed by atoms with Crippen LogP contribution in [0.25, 0.3) is 10.9 Å². The quantitative estimate of drug-likeness (QED) is 0.439. The maximum atomic E-state index is 13.7. The van der Waals surface area contributed by atoms with Gasteiger partial charge in [0.25, 0.3) is 5.91 Å². The topological polar surface area (TPSA) is 77.8 Å². The molecule has 1 atom stereocenters. The van der Waals surface area contributed by atoms with Crippen molar-refractivity contribution in [2.75, 3.05) is 31.5 Å². The number of carbonyl (C=O) groups excluding carboxylic acids is 1. The molecular formula is C30H37FN4O3. The molecule has 1 aromatic heterocycles. The van der Waals surface area contributed by atoms with Crippen LogP contribution in [0.4, 0.5) is 10.1 Å². The van der Waals surface area contributed by atoms with Crippen molar-refractivity contribution in [1.82, 2.24) is 14.4 Å². The standard InChI is InChI=1S/C30H37FN4O3/c1-18-11-25(31)8-7-23(18)14-32-27-13-24(30(38)34-10-9-33(17-28(36)37)19(2)15-34)12-26-20(3)21(4)35(29(26)27)16-22-5-6-22/h7-8,11-13,19,22,32H,5-6,9-10,14-17H2,1-4H3,(H,36,37). The fraction of sp³-hybridized carbons (Fsp3) is 0.467. The Balaban J connectivity index is 1.49. The molecule has 202 valence electrons. The molecule has 2 aliphatic rings. The van der Waals surface area contributed by atoms with Gasteiger partial charge in [0, 0.05) is 55.4 Å². The van der Waals surface area contributed by atoms with Gasteiger partial charge >= 0.3 is 5.97 Å². The Morgan fingerprint density at radius 3 is 2.53 bits per heavy atom. The Kier molecular flexibility index (Phi) is 7.18. The zero-order chi connectivity index (χ0) is 27.1. The van der Waals surface area contributed by atoms with Gasteiger partial charge in [0.1, 0.15) is 5.82 Å². The monoisotopic (exact) mass is 520 g/mol. The van der Waals surface area contributed by atoms with Crippen LogP contribution in [0.15, 0.2) is 30.3 Å². The van der Waals surface area contributed by atoms with Crippen LogP contribution in [0.1, 0.15) is 52.5 Å². The van der Waals surface area contributed by atoms with Crippen LogP contribution in [0.5, 0.6) is 0 Å². The van der Waals surface area contributed by atoms with E-state index in [1.807, 2.05) is 41.8 Å². The van der Waals surface area contributed by atoms with Crippen LogP contribution in [0.3, 0.4) is 0 Å². The van der Waals surface area contributed by atoms with E-state index < -0.39 is 5.97 Å². The molecule has 7 nitrogen and oxygen atoms in total. The first kappa shape index (κ1) is 26.2. The molecule has 3 aromatic rings. The Bertz CT molecular complexity index is 1390. The van der Waals surface area contributed by atoms with Gasteiger partial charge in [-0.05, 0) is 87.4 Å². The molecule has 2 aromatic carbocycles. The molecule has 1 unspecified atom stereocenters. The van der Waals surface area contributed by atoms with Gasteiger partial charge in [-0.1, -0.05) is 6.07 Å². The van der Waals surface area contributed by atoms with Crippen molar-refractivity contribution in [2.24, 2.45) is 5.92 Å². The maximum absolute atomic E-state index is 13.7. The molecule has 2 heterocycles. The normalized spacial score (nSPS) is 18.2. The Labute approximate surface area is 223 Å². The van der Waals surface area contributed by atoms with Crippen LogP contribution < -0.4 is 5.32 Å². The van der Waals surface area contributed by atoms with Gasteiger partial charge in [0.2, 0.25) is 0 Å². The lowest BCUT2D eigenvalue weighted by Crippen LogP contribution is -2.54. The number of anilines is 1. The van der Waals surface area contributed by atoms with Crippen LogP contribution in [0, 0.1) is 32.5 Å². The summed E-state index contributed by atoms with van der Waals surface area (Å²) in [5, 5.41) is 13.9. The van der Waals surface area contributed by atoms with Gasteiger partial charge in [-0.15, -0.1) is 0 Å². The summed E-state index contributed by atoms with van der Waals surface area (Å²) in [4.78, 5) is 28.7. The van der Waals surface area contributed by atoms with E-state index in [1.54, 1.807) is 6.07 Å². The Morgan fingerprint density at radius 2 is 1.87 bits per heavy atom. The van der Waals surface area contributed by atoms with Crippen molar-refractivity contribution >= 4 is 28.5 Å². The highest BCUT2D eigenvalue weighted by molar-refractivity contribution is 6.04. The zero-order valence-electron chi connectivity index (χ0n) is 22.7. The van der Waals surface area contributed by atoms with Gasteiger partial charge < -0.3 is 19.9 Å². The van der Waals surface area contributed by atoms with E-state index in [9.17, 15) is 19.1 Å². The number of hydrogen-bond acceptors (Lipinski definition) is 4. The minimum atomic E-state index is -0.851. The van der Waals surface area contributed by atoms with E-state index >= 15 is 0 Å². The Hall–Kier alpha value is -3.39. The Morgan fingerprint density at radius 1 is 1.11 bits per heavy atom. The summed E-state index contributed by atoms with van der Waals surface area (Å²) in [6.07, 6.45) is 2.50. The third kappa shape index (κ3) is 5.27. The third-order valence-electron chi connectivity index (χ3n) is 8.28. The van der Waals surface area contributed by atoms with Gasteiger partial charge in [-0.2, -0.15) is 0 Å². The second-order valence-corrected chi connectivity index (χ2v) is 11.1. The van der Waals surface area contributed by atoms with Crippen molar-refractivity contribution in [3.63, 3.8) is 0 Å². The highest BCUT2D eigenvalue weighted by atomic mass is 19.1. The van der Waals surface area contributed by atoms with E-state index in [1.165, 1.54) is 30.2 Å². The molecule has 2 N–H and O–H groups in total. The predicted molar refractivity (Wildman–Crippen MR) is 147 cm³/mol. The van der Waals surface area contributed by atoms with Crippen molar-refractivity contribution in [1.29, 1.82) is 0 Å². The number of piperazine rings is 1. The van der Waals surface area contributed by atoms with Crippen LogP contribution >= 0.6 is 0 Å². The number of aryl methyl sites for hydroxylation is 2. The number of aromatic nitrogens is 1. The summed E-state index contributed by atoms with van der Waals surface area (Å²) in [7, 11) is 0. The van der Waals surface area contributed by atoms with E-state index in [2.05, 4.69) is 23.7 Å². The fourth-order valence-corrected chi connectivity index (χ4v) is 5.64. The summed E-state index contributed by atoms with van der Waals surface area (Å²) >= 11 is 0. The van der Waals surface area contributed by atoms with Crippen molar-refractivity contribution in [3.05, 3.63) is 64.1 Å². The summed E-state index contributed by atoms with van der Waals surface area (Å²) in [6, 6.07) is 8.78. The molecule has 1 saturated carbocycles. The molecule has 0 spiro atoms. The number of nitrogens with zero attached hydrogens (tertiary/aromatic N) is 3. The first-order valence-electron chi connectivity index (χ1n) is 13.5. The fourth-order valence-electron chi connectivity index (χ4n) is 5.64. The van der Waals surface area contributed by atoms with Crippen molar-refractivity contribution in [2.45, 2.75) is 59.7 Å². The molecular weight excluding hydrogens is 483 g/mol. The van der Waals surface area contributed by atoms with Crippen LogP contribution in [-0.2, 0) is 17.9 Å². The highest BCUT2D eigenvalue weighted by Gasteiger charge is 2.30. The number of amides is 1. The lowest BCUT2D eigenvalue weighted by Gasteiger charge is -2.39. The lowest BCUT2D eigenvalue weighted by molar-refractivity contribution is -0.139. The molecule has 1 aliphatic heterocycles. The number of benzene rings is 2. The molecule has 8 heteroatoms. The number of carboxylic acid groups (broad SMARTS) is 1. The van der Waals surface area contributed by atoms with Crippen LogP contribution in [0.2, 0.25) is 0 Å². The van der Waals surface area contributed by atoms with E-state index in [0.717, 1.165) is 34.3 Å². The molecule has 1 saturated heterocycles. The molecule has 0 radical (unpaired) electrons. The SMILES string of the molecule is Cc1cc(F)ccc1CNc1cc(C(=O)N2CCN(CC(=O)O)C(C)C2)cc2c(C)c(C)n(CC3CC3)c12. The first-order valence-corrected chi connectivity index (χ1v) is 13.5. The molecule has 38 heavy (non-hydrogen) atoms. The number of halogens is 1. The number of aliphatic carboxylic acids is 1. The zero-order valence-corrected chi connectivity index (χ0v) is 22.7. The number of carboxylic acids is 1. The average molecular weight is 521 g/mol. The highest BCUT2D eigenvalue weighted by Crippen LogP contribution is 2.38. The average Bonchev–Trinajstić information content (AvgIpc) is 3.66. The molecule has 2 fully saturated rings. The second-order valence-electron chi connectivity index (χ2n) is 11.1. The summed E-state index contributed by atoms with van der Waals surface area (Å²) in [5.41, 5.74) is 6.93. The third-order valence-corrected chi connectivity index (χ3v) is 8.28. The number of nitrogens with one attached hydrogen (secondary N) is 1. The molecule has 1 aliphatic carbocycles. The molecule has 0 bridgehead atoms. The van der Waals surface area contributed by atoms with Gasteiger partial charge in [0.15, 0.2) is 0 Å². The molecule has 5 rings (SSSR count). The van der Waals surface area contributed by atoms with E-state index in [4.69, 9.17) is 0 Å². The minimum absolute atomic E-state index is 0.0149. The maximum Gasteiger partial charge on any atom is 0.317 e. The van der Waals surface area contributed by atoms with E-state index in [-0.39, 0.29) is 24.3 Å². The number of carbonyl (C=O) groups is 2. The van der Waals surface area contributed by atoms with E-state index in [0.29, 0.717) is 37.7 Å². The summed E-state index contributed by atoms with van der Waals surface area (Å²) < 4.78 is 16.1. The smallest absolute Gasteiger partial charge is 0.317 e. The number of fused-ring (bicyclic) bond motifs is 1. The predicted octanol–water partition coefficient (Wildman–Crippen LogP) is 4.96. The van der Waals surface area contributed by atoms with Crippen molar-refractivity contribution in [3.8, 4) is 0 Å². The second kappa shape index (κ2) is 10.4. The van der Waals surface area contributed by atoms with Crippen LogP contribution in [-0.4, -0.2) is 63.6 Å².